The van der Waals surface area contributed by atoms with Gasteiger partial charge in [-0.2, -0.15) is 0 Å². The van der Waals surface area contributed by atoms with Crippen molar-refractivity contribution in [2.75, 3.05) is 24.5 Å². The third kappa shape index (κ3) is 4.68. The zero-order valence-electron chi connectivity index (χ0n) is 14.2. The van der Waals surface area contributed by atoms with Crippen LogP contribution in [0.1, 0.15) is 30.6 Å². The van der Waals surface area contributed by atoms with Crippen LogP contribution in [-0.2, 0) is 4.79 Å². The van der Waals surface area contributed by atoms with E-state index in [0.29, 0.717) is 25.2 Å². The number of carboxylic acid groups (broad SMARTS) is 1. The SMILES string of the molecule is CC(C)CC(CNC(=O)c1cc(N2CCNC2=O)ccc1F)C(=O)O. The summed E-state index contributed by atoms with van der Waals surface area (Å²) >= 11 is 0. The van der Waals surface area contributed by atoms with E-state index in [2.05, 4.69) is 10.6 Å². The Bertz CT molecular complexity index is 678. The number of carbonyl (C=O) groups is 3. The molecule has 1 saturated heterocycles. The highest BCUT2D eigenvalue weighted by Crippen LogP contribution is 2.21. The maximum Gasteiger partial charge on any atom is 0.321 e. The smallest absolute Gasteiger partial charge is 0.321 e. The van der Waals surface area contributed by atoms with Crippen LogP contribution in [0.25, 0.3) is 0 Å². The number of carbonyl (C=O) groups excluding carboxylic acids is 2. The number of hydrogen-bond donors (Lipinski definition) is 3. The second-order valence-electron chi connectivity index (χ2n) is 6.42. The van der Waals surface area contributed by atoms with Gasteiger partial charge in [-0.1, -0.05) is 13.8 Å². The van der Waals surface area contributed by atoms with Crippen molar-refractivity contribution in [2.24, 2.45) is 11.8 Å². The number of aliphatic carboxylic acids is 1. The van der Waals surface area contributed by atoms with Crippen LogP contribution >= 0.6 is 0 Å². The predicted molar refractivity (Wildman–Crippen MR) is 90.1 cm³/mol. The highest BCUT2D eigenvalue weighted by atomic mass is 19.1. The Labute approximate surface area is 145 Å². The van der Waals surface area contributed by atoms with E-state index >= 15 is 0 Å². The van der Waals surface area contributed by atoms with E-state index in [0.717, 1.165) is 6.07 Å². The van der Waals surface area contributed by atoms with Crippen molar-refractivity contribution in [3.05, 3.63) is 29.6 Å². The summed E-state index contributed by atoms with van der Waals surface area (Å²) in [5.74, 6) is -3.01. The van der Waals surface area contributed by atoms with Crippen molar-refractivity contribution in [2.45, 2.75) is 20.3 Å². The van der Waals surface area contributed by atoms with E-state index in [1.54, 1.807) is 0 Å². The Morgan fingerprint density at radius 2 is 2.12 bits per heavy atom. The predicted octanol–water partition coefficient (Wildman–Crippen LogP) is 1.83. The molecule has 7 nitrogen and oxygen atoms in total. The number of benzene rings is 1. The van der Waals surface area contributed by atoms with Crippen LogP contribution in [0.4, 0.5) is 14.9 Å². The van der Waals surface area contributed by atoms with Crippen LogP contribution in [0.2, 0.25) is 0 Å². The van der Waals surface area contributed by atoms with Crippen molar-refractivity contribution < 1.29 is 23.9 Å². The van der Waals surface area contributed by atoms with E-state index < -0.39 is 23.6 Å². The average Bonchev–Trinajstić information content (AvgIpc) is 2.97. The van der Waals surface area contributed by atoms with Gasteiger partial charge in [-0.05, 0) is 30.5 Å². The largest absolute Gasteiger partial charge is 0.481 e. The molecule has 1 atom stereocenters. The lowest BCUT2D eigenvalue weighted by Crippen LogP contribution is -2.34. The van der Waals surface area contributed by atoms with Gasteiger partial charge in [0, 0.05) is 25.3 Å². The number of anilines is 1. The normalized spacial score (nSPS) is 15.2. The highest BCUT2D eigenvalue weighted by Gasteiger charge is 2.24. The lowest BCUT2D eigenvalue weighted by molar-refractivity contribution is -0.142. The lowest BCUT2D eigenvalue weighted by Gasteiger charge is -2.17. The molecule has 136 valence electrons. The van der Waals surface area contributed by atoms with E-state index in [9.17, 15) is 23.9 Å². The molecule has 0 spiro atoms. The molecule has 1 aromatic carbocycles. The fraction of sp³-hybridized carbons (Fsp3) is 0.471. The number of nitrogens with one attached hydrogen (secondary N) is 2. The third-order valence-electron chi connectivity index (χ3n) is 3.98. The summed E-state index contributed by atoms with van der Waals surface area (Å²) in [4.78, 5) is 36.6. The summed E-state index contributed by atoms with van der Waals surface area (Å²) in [5, 5.41) is 14.3. The zero-order valence-corrected chi connectivity index (χ0v) is 14.2. The van der Waals surface area contributed by atoms with Gasteiger partial charge < -0.3 is 15.7 Å². The van der Waals surface area contributed by atoms with Crippen LogP contribution < -0.4 is 15.5 Å². The van der Waals surface area contributed by atoms with E-state index in [-0.39, 0.29) is 24.1 Å². The van der Waals surface area contributed by atoms with Crippen LogP contribution in [0.15, 0.2) is 18.2 Å². The maximum absolute atomic E-state index is 14.0. The lowest BCUT2D eigenvalue weighted by atomic mass is 9.97. The van der Waals surface area contributed by atoms with Crippen LogP contribution in [0.3, 0.4) is 0 Å². The molecule has 8 heteroatoms. The minimum absolute atomic E-state index is 0.0831. The molecular formula is C17H22FN3O4. The number of rotatable bonds is 7. The number of urea groups is 1. The highest BCUT2D eigenvalue weighted by molar-refractivity contribution is 5.98. The topological polar surface area (TPSA) is 98.7 Å². The molecule has 2 rings (SSSR count). The molecule has 0 aromatic heterocycles. The van der Waals surface area contributed by atoms with E-state index in [1.807, 2.05) is 13.8 Å². The first-order valence-electron chi connectivity index (χ1n) is 8.15. The van der Waals surface area contributed by atoms with Gasteiger partial charge in [-0.25, -0.2) is 9.18 Å². The minimum atomic E-state index is -1.00. The molecule has 3 N–H and O–H groups in total. The molecule has 25 heavy (non-hydrogen) atoms. The number of hydrogen-bond acceptors (Lipinski definition) is 3. The molecule has 1 heterocycles. The van der Waals surface area contributed by atoms with Crippen molar-refractivity contribution in [1.29, 1.82) is 0 Å². The van der Waals surface area contributed by atoms with Crippen molar-refractivity contribution in [3.63, 3.8) is 0 Å². The summed E-state index contributed by atoms with van der Waals surface area (Å²) in [6, 6.07) is 3.54. The van der Waals surface area contributed by atoms with Gasteiger partial charge in [-0.3, -0.25) is 14.5 Å². The summed E-state index contributed by atoms with van der Waals surface area (Å²) in [6.07, 6.45) is 0.409. The first-order chi connectivity index (χ1) is 11.8. The van der Waals surface area contributed by atoms with E-state index in [4.69, 9.17) is 0 Å². The molecular weight excluding hydrogens is 329 g/mol. The van der Waals surface area contributed by atoms with Gasteiger partial charge in [0.15, 0.2) is 0 Å². The first-order valence-corrected chi connectivity index (χ1v) is 8.15. The van der Waals surface area contributed by atoms with Gasteiger partial charge in [0.2, 0.25) is 0 Å². The molecule has 3 amide bonds. The number of nitrogens with zero attached hydrogens (tertiary/aromatic N) is 1. The molecule has 0 saturated carbocycles. The van der Waals surface area contributed by atoms with Crippen LogP contribution in [0.5, 0.6) is 0 Å². The maximum atomic E-state index is 14.0. The van der Waals surface area contributed by atoms with Gasteiger partial charge in [0.05, 0.1) is 11.5 Å². The number of halogens is 1. The van der Waals surface area contributed by atoms with Crippen molar-refractivity contribution in [1.82, 2.24) is 10.6 Å². The van der Waals surface area contributed by atoms with Crippen molar-refractivity contribution in [3.8, 4) is 0 Å². The second-order valence-corrected chi connectivity index (χ2v) is 6.42. The molecule has 0 radical (unpaired) electrons. The van der Waals surface area contributed by atoms with Crippen LogP contribution in [-0.4, -0.2) is 42.6 Å². The summed E-state index contributed by atoms with van der Waals surface area (Å²) in [5.41, 5.74) is 0.199. The number of amides is 3. The summed E-state index contributed by atoms with van der Waals surface area (Å²) < 4.78 is 14.0. The Hall–Kier alpha value is -2.64. The quantitative estimate of drug-likeness (QED) is 0.698. The van der Waals surface area contributed by atoms with E-state index in [1.165, 1.54) is 17.0 Å². The monoisotopic (exact) mass is 351 g/mol. The molecule has 0 bridgehead atoms. The average molecular weight is 351 g/mol. The first kappa shape index (κ1) is 18.7. The Kier molecular flexibility index (Phi) is 5.95. The fourth-order valence-electron chi connectivity index (χ4n) is 2.72. The summed E-state index contributed by atoms with van der Waals surface area (Å²) in [6.45, 7) is 4.61. The second kappa shape index (κ2) is 7.96. The summed E-state index contributed by atoms with van der Waals surface area (Å²) in [7, 11) is 0. The zero-order chi connectivity index (χ0) is 18.6. The standard InChI is InChI=1S/C17H22FN3O4/c1-10(2)7-11(16(23)24)9-20-15(22)13-8-12(3-4-14(13)18)21-6-5-19-17(21)25/h3-4,8,10-11H,5-7,9H2,1-2H3,(H,19,25)(H,20,22)(H,23,24). The molecule has 1 aliphatic heterocycles. The van der Waals surface area contributed by atoms with Gasteiger partial charge >= 0.3 is 12.0 Å². The van der Waals surface area contributed by atoms with Gasteiger partial charge in [0.25, 0.3) is 5.91 Å². The van der Waals surface area contributed by atoms with Crippen LogP contribution in [0, 0.1) is 17.7 Å². The molecule has 1 unspecified atom stereocenters. The van der Waals surface area contributed by atoms with Gasteiger partial charge in [-0.15, -0.1) is 0 Å². The molecule has 1 aromatic rings. The number of carboxylic acids is 1. The molecule has 0 aliphatic carbocycles. The fourth-order valence-corrected chi connectivity index (χ4v) is 2.72. The van der Waals surface area contributed by atoms with Crippen molar-refractivity contribution >= 4 is 23.6 Å². The third-order valence-corrected chi connectivity index (χ3v) is 3.98. The molecule has 1 aliphatic rings. The Morgan fingerprint density at radius 3 is 2.68 bits per heavy atom. The Balaban J connectivity index is 2.10. The molecule has 1 fully saturated rings. The Morgan fingerprint density at radius 1 is 1.40 bits per heavy atom. The minimum Gasteiger partial charge on any atom is -0.481 e. The van der Waals surface area contributed by atoms with Gasteiger partial charge in [0.1, 0.15) is 5.82 Å².